The number of carbonyl (C=O) groups excluding carboxylic acids is 1. The van der Waals surface area contributed by atoms with E-state index >= 15 is 0 Å². The van der Waals surface area contributed by atoms with Gasteiger partial charge in [0.2, 0.25) is 0 Å². The molecule has 0 aliphatic carbocycles. The number of sulfonamides is 1. The van der Waals surface area contributed by atoms with E-state index in [2.05, 4.69) is 4.72 Å². The van der Waals surface area contributed by atoms with Crippen molar-refractivity contribution in [1.82, 2.24) is 4.57 Å². The summed E-state index contributed by atoms with van der Waals surface area (Å²) in [6.07, 6.45) is 0.809. The molecule has 0 spiro atoms. The van der Waals surface area contributed by atoms with E-state index in [1.165, 1.54) is 19.2 Å². The highest BCUT2D eigenvalue weighted by atomic mass is 32.2. The third-order valence-electron chi connectivity index (χ3n) is 4.38. The number of rotatable bonds is 6. The molecule has 0 bridgehead atoms. The van der Waals surface area contributed by atoms with E-state index in [4.69, 9.17) is 4.74 Å². The second-order valence-corrected chi connectivity index (χ2v) is 8.90. The Balaban J connectivity index is 2.00. The van der Waals surface area contributed by atoms with Crippen LogP contribution in [-0.2, 0) is 21.3 Å². The van der Waals surface area contributed by atoms with Crippen molar-refractivity contribution >= 4 is 43.2 Å². The van der Waals surface area contributed by atoms with Gasteiger partial charge < -0.3 is 4.74 Å². The van der Waals surface area contributed by atoms with Gasteiger partial charge in [0.1, 0.15) is 0 Å². The number of methoxy groups -OCH3 is 1. The summed E-state index contributed by atoms with van der Waals surface area (Å²) >= 11 is 1.02. The molecule has 0 unspecified atom stereocenters. The quantitative estimate of drug-likeness (QED) is 0.617. The third kappa shape index (κ3) is 3.67. The molecule has 1 heterocycles. The number of fused-ring (bicyclic) bond motifs is 1. The van der Waals surface area contributed by atoms with Crippen molar-refractivity contribution < 1.29 is 17.9 Å². The summed E-state index contributed by atoms with van der Waals surface area (Å²) in [6.45, 7) is 4.20. The van der Waals surface area contributed by atoms with E-state index in [0.717, 1.165) is 23.3 Å². The Morgan fingerprint density at radius 1 is 1.25 bits per heavy atom. The van der Waals surface area contributed by atoms with Crippen LogP contribution in [0, 0.1) is 6.92 Å². The fraction of sp³-hybridized carbons (Fsp3) is 0.263. The molecule has 0 fully saturated rings. The van der Waals surface area contributed by atoms with Crippen LogP contribution in [0.2, 0.25) is 0 Å². The molecule has 0 amide bonds. The molecular weight excluding hydrogens is 400 g/mol. The van der Waals surface area contributed by atoms with Crippen LogP contribution >= 0.6 is 11.3 Å². The molecule has 1 aromatic heterocycles. The number of nitrogens with one attached hydrogen (secondary N) is 1. The maximum Gasteiger partial charge on any atom is 0.338 e. The van der Waals surface area contributed by atoms with Gasteiger partial charge in [-0.05, 0) is 49.2 Å². The van der Waals surface area contributed by atoms with Gasteiger partial charge >= 0.3 is 10.8 Å². The summed E-state index contributed by atoms with van der Waals surface area (Å²) in [5.41, 5.74) is 1.77. The highest BCUT2D eigenvalue weighted by molar-refractivity contribution is 7.92. The van der Waals surface area contributed by atoms with Gasteiger partial charge in [0.15, 0.2) is 0 Å². The van der Waals surface area contributed by atoms with Crippen molar-refractivity contribution in [1.29, 1.82) is 0 Å². The van der Waals surface area contributed by atoms with E-state index in [9.17, 15) is 18.0 Å². The first-order valence-corrected chi connectivity index (χ1v) is 10.9. The number of benzene rings is 2. The van der Waals surface area contributed by atoms with Gasteiger partial charge in [-0.3, -0.25) is 14.1 Å². The molecule has 3 rings (SSSR count). The van der Waals surface area contributed by atoms with Crippen molar-refractivity contribution in [2.24, 2.45) is 0 Å². The molecule has 0 aliphatic rings. The Labute approximate surface area is 166 Å². The molecule has 0 saturated heterocycles. The number of nitrogens with zero attached hydrogens (tertiary/aromatic N) is 1. The van der Waals surface area contributed by atoms with E-state index in [-0.39, 0.29) is 15.3 Å². The van der Waals surface area contributed by atoms with Gasteiger partial charge in [-0.1, -0.05) is 24.3 Å². The lowest BCUT2D eigenvalue weighted by molar-refractivity contribution is 0.0600. The average Bonchev–Trinajstić information content (AvgIpc) is 2.98. The van der Waals surface area contributed by atoms with Crippen LogP contribution in [-0.4, -0.2) is 26.1 Å². The summed E-state index contributed by atoms with van der Waals surface area (Å²) in [5, 5.41) is 0. The topological polar surface area (TPSA) is 94.5 Å². The predicted molar refractivity (Wildman–Crippen MR) is 110 cm³/mol. The fourth-order valence-corrected chi connectivity index (χ4v) is 5.11. The third-order valence-corrected chi connectivity index (χ3v) is 6.69. The minimum Gasteiger partial charge on any atom is -0.465 e. The molecule has 0 aliphatic heterocycles. The number of esters is 1. The lowest BCUT2D eigenvalue weighted by atomic mass is 10.1. The van der Waals surface area contributed by atoms with Gasteiger partial charge in [-0.15, -0.1) is 0 Å². The lowest BCUT2D eigenvalue weighted by Crippen LogP contribution is -2.15. The number of aryl methyl sites for hydroxylation is 1. The SMILES string of the molecule is CCCn1c(=O)sc2cc(S(=O)(=O)Nc3cccc(C(=O)OC)c3C)ccc21. The van der Waals surface area contributed by atoms with E-state index in [0.29, 0.717) is 22.5 Å². The zero-order valence-electron chi connectivity index (χ0n) is 15.7. The van der Waals surface area contributed by atoms with E-state index in [1.807, 2.05) is 6.92 Å². The number of aromatic nitrogens is 1. The van der Waals surface area contributed by atoms with E-state index < -0.39 is 16.0 Å². The molecule has 28 heavy (non-hydrogen) atoms. The smallest absolute Gasteiger partial charge is 0.338 e. The second-order valence-electron chi connectivity index (χ2n) is 6.22. The molecule has 0 radical (unpaired) electrons. The Kier molecular flexibility index (Phi) is 5.57. The fourth-order valence-electron chi connectivity index (χ4n) is 2.93. The van der Waals surface area contributed by atoms with Crippen molar-refractivity contribution in [2.45, 2.75) is 31.7 Å². The average molecular weight is 421 g/mol. The minimum absolute atomic E-state index is 0.0489. The number of hydrogen-bond donors (Lipinski definition) is 1. The summed E-state index contributed by atoms with van der Waals surface area (Å²) in [5.74, 6) is -0.540. The first-order chi connectivity index (χ1) is 13.3. The molecule has 7 nitrogen and oxygen atoms in total. The summed E-state index contributed by atoms with van der Waals surface area (Å²) in [6, 6.07) is 9.34. The zero-order chi connectivity index (χ0) is 20.5. The first-order valence-electron chi connectivity index (χ1n) is 8.62. The normalized spacial score (nSPS) is 11.5. The maximum absolute atomic E-state index is 12.9. The summed E-state index contributed by atoms with van der Waals surface area (Å²) in [7, 11) is -2.63. The summed E-state index contributed by atoms with van der Waals surface area (Å²) < 4.78 is 35.2. The largest absolute Gasteiger partial charge is 0.465 e. The van der Waals surface area contributed by atoms with Crippen LogP contribution in [0.3, 0.4) is 0 Å². The Morgan fingerprint density at radius 2 is 2.00 bits per heavy atom. The molecule has 0 atom stereocenters. The molecule has 9 heteroatoms. The number of thiazole rings is 1. The van der Waals surface area contributed by atoms with Crippen molar-refractivity contribution in [3.63, 3.8) is 0 Å². The Hall–Kier alpha value is -2.65. The highest BCUT2D eigenvalue weighted by Gasteiger charge is 2.20. The van der Waals surface area contributed by atoms with Gasteiger partial charge in [0.25, 0.3) is 10.0 Å². The van der Waals surface area contributed by atoms with Crippen LogP contribution in [0.5, 0.6) is 0 Å². The number of anilines is 1. The minimum atomic E-state index is -3.90. The summed E-state index contributed by atoms with van der Waals surface area (Å²) in [4.78, 5) is 23.9. The van der Waals surface area contributed by atoms with Gasteiger partial charge in [0.05, 0.1) is 33.5 Å². The van der Waals surface area contributed by atoms with Gasteiger partial charge in [-0.25, -0.2) is 13.2 Å². The van der Waals surface area contributed by atoms with Crippen LogP contribution < -0.4 is 9.60 Å². The van der Waals surface area contributed by atoms with Crippen molar-refractivity contribution in [2.75, 3.05) is 11.8 Å². The van der Waals surface area contributed by atoms with Crippen molar-refractivity contribution in [3.05, 3.63) is 57.2 Å². The molecule has 0 saturated carbocycles. The Bertz CT molecular complexity index is 1210. The number of ether oxygens (including phenoxy) is 1. The molecule has 3 aromatic rings. The standard InChI is InChI=1S/C19H20N2O5S2/c1-4-10-21-16-9-8-13(11-17(16)27-19(21)23)28(24,25)20-15-7-5-6-14(12(15)2)18(22)26-3/h5-9,11,20H,4,10H2,1-3H3. The lowest BCUT2D eigenvalue weighted by Gasteiger charge is -2.13. The number of hydrogen-bond acceptors (Lipinski definition) is 6. The maximum atomic E-state index is 12.9. The van der Waals surface area contributed by atoms with Crippen LogP contribution in [0.25, 0.3) is 10.2 Å². The molecular formula is C19H20N2O5S2. The highest BCUT2D eigenvalue weighted by Crippen LogP contribution is 2.26. The van der Waals surface area contributed by atoms with Gasteiger partial charge in [-0.2, -0.15) is 0 Å². The van der Waals surface area contributed by atoms with Crippen LogP contribution in [0.4, 0.5) is 5.69 Å². The second kappa shape index (κ2) is 7.76. The van der Waals surface area contributed by atoms with Gasteiger partial charge in [0, 0.05) is 6.54 Å². The molecule has 148 valence electrons. The Morgan fingerprint density at radius 3 is 2.68 bits per heavy atom. The molecule has 2 aromatic carbocycles. The van der Waals surface area contributed by atoms with Crippen LogP contribution in [0.1, 0.15) is 29.3 Å². The van der Waals surface area contributed by atoms with E-state index in [1.54, 1.807) is 35.8 Å². The predicted octanol–water partition coefficient (Wildman–Crippen LogP) is 3.37. The van der Waals surface area contributed by atoms with Crippen LogP contribution in [0.15, 0.2) is 46.1 Å². The first kappa shape index (κ1) is 20.1. The molecule has 1 N–H and O–H groups in total. The zero-order valence-corrected chi connectivity index (χ0v) is 17.3. The van der Waals surface area contributed by atoms with Crippen molar-refractivity contribution in [3.8, 4) is 0 Å². The monoisotopic (exact) mass is 420 g/mol. The number of carbonyl (C=O) groups is 1.